The van der Waals surface area contributed by atoms with Crippen molar-refractivity contribution in [2.45, 2.75) is 63.5 Å². The van der Waals surface area contributed by atoms with Crippen molar-refractivity contribution in [1.82, 2.24) is 15.0 Å². The molecule has 4 heteroatoms. The molecule has 2 saturated carbocycles. The Kier molecular flexibility index (Phi) is 2.67. The Morgan fingerprint density at radius 3 is 2.44 bits per heavy atom. The minimum absolute atomic E-state index is 0.540. The smallest absolute Gasteiger partial charge is 0.0997 e. The van der Waals surface area contributed by atoms with Crippen molar-refractivity contribution >= 4 is 0 Å². The molecule has 0 saturated heterocycles. The Bertz CT molecular complexity index is 361. The predicted molar refractivity (Wildman–Crippen MR) is 62.0 cm³/mol. The fourth-order valence-electron chi connectivity index (χ4n) is 3.00. The van der Waals surface area contributed by atoms with Gasteiger partial charge in [-0.3, -0.25) is 0 Å². The fourth-order valence-corrected chi connectivity index (χ4v) is 3.00. The van der Waals surface area contributed by atoms with Gasteiger partial charge in [-0.1, -0.05) is 24.5 Å². The van der Waals surface area contributed by atoms with Gasteiger partial charge in [0.25, 0.3) is 0 Å². The SMILES string of the molecule is NCc1nnn(C2CCCC2)c1C1CCC1. The summed E-state index contributed by atoms with van der Waals surface area (Å²) in [6.07, 6.45) is 9.17. The molecule has 0 amide bonds. The first-order valence-corrected chi connectivity index (χ1v) is 6.54. The van der Waals surface area contributed by atoms with Crippen LogP contribution in [0.3, 0.4) is 0 Å². The quantitative estimate of drug-likeness (QED) is 0.848. The van der Waals surface area contributed by atoms with Gasteiger partial charge < -0.3 is 5.73 Å². The summed E-state index contributed by atoms with van der Waals surface area (Å²) in [5.74, 6) is 0.689. The highest BCUT2D eigenvalue weighted by Gasteiger charge is 2.30. The Labute approximate surface area is 96.2 Å². The van der Waals surface area contributed by atoms with Crippen molar-refractivity contribution in [2.75, 3.05) is 0 Å². The van der Waals surface area contributed by atoms with E-state index in [9.17, 15) is 0 Å². The van der Waals surface area contributed by atoms with Gasteiger partial charge in [0.05, 0.1) is 17.4 Å². The van der Waals surface area contributed by atoms with Crippen LogP contribution in [0, 0.1) is 0 Å². The normalized spacial score (nSPS) is 22.6. The number of nitrogens with two attached hydrogens (primary N) is 1. The second kappa shape index (κ2) is 4.17. The van der Waals surface area contributed by atoms with E-state index in [4.69, 9.17) is 5.73 Å². The van der Waals surface area contributed by atoms with Gasteiger partial charge >= 0.3 is 0 Å². The summed E-state index contributed by atoms with van der Waals surface area (Å²) in [4.78, 5) is 0. The zero-order chi connectivity index (χ0) is 11.0. The largest absolute Gasteiger partial charge is 0.325 e. The highest BCUT2D eigenvalue weighted by atomic mass is 15.4. The lowest BCUT2D eigenvalue weighted by molar-refractivity contribution is 0.358. The Balaban J connectivity index is 1.93. The molecule has 0 spiro atoms. The van der Waals surface area contributed by atoms with Crippen molar-refractivity contribution in [1.29, 1.82) is 0 Å². The second-order valence-corrected chi connectivity index (χ2v) is 5.14. The molecular formula is C12H20N4. The zero-order valence-corrected chi connectivity index (χ0v) is 9.73. The first kappa shape index (κ1) is 10.3. The lowest BCUT2D eigenvalue weighted by Gasteiger charge is -2.28. The molecule has 16 heavy (non-hydrogen) atoms. The van der Waals surface area contributed by atoms with Crippen LogP contribution in [-0.4, -0.2) is 15.0 Å². The first-order valence-electron chi connectivity index (χ1n) is 6.54. The fraction of sp³-hybridized carbons (Fsp3) is 0.833. The van der Waals surface area contributed by atoms with Gasteiger partial charge in [0.1, 0.15) is 0 Å². The van der Waals surface area contributed by atoms with Crippen LogP contribution in [0.5, 0.6) is 0 Å². The molecule has 2 fully saturated rings. The summed E-state index contributed by atoms with van der Waals surface area (Å²) in [5, 5.41) is 8.63. The summed E-state index contributed by atoms with van der Waals surface area (Å²) < 4.78 is 2.21. The second-order valence-electron chi connectivity index (χ2n) is 5.14. The number of hydrogen-bond acceptors (Lipinski definition) is 3. The van der Waals surface area contributed by atoms with E-state index in [2.05, 4.69) is 15.0 Å². The monoisotopic (exact) mass is 220 g/mol. The Morgan fingerprint density at radius 2 is 1.88 bits per heavy atom. The molecule has 0 atom stereocenters. The van der Waals surface area contributed by atoms with Crippen molar-refractivity contribution in [3.05, 3.63) is 11.4 Å². The molecule has 1 aromatic rings. The number of aromatic nitrogens is 3. The van der Waals surface area contributed by atoms with Crippen LogP contribution < -0.4 is 5.73 Å². The van der Waals surface area contributed by atoms with E-state index in [-0.39, 0.29) is 0 Å². The molecule has 0 radical (unpaired) electrons. The van der Waals surface area contributed by atoms with Crippen molar-refractivity contribution < 1.29 is 0 Å². The van der Waals surface area contributed by atoms with E-state index in [0.717, 1.165) is 5.69 Å². The minimum Gasteiger partial charge on any atom is -0.325 e. The van der Waals surface area contributed by atoms with E-state index < -0.39 is 0 Å². The van der Waals surface area contributed by atoms with Crippen LogP contribution >= 0.6 is 0 Å². The molecule has 0 bridgehead atoms. The van der Waals surface area contributed by atoms with Crippen LogP contribution in [-0.2, 0) is 6.54 Å². The molecule has 88 valence electrons. The molecule has 2 aliphatic rings. The Hall–Kier alpha value is -0.900. The summed E-state index contributed by atoms with van der Waals surface area (Å²) in [5.41, 5.74) is 8.16. The van der Waals surface area contributed by atoms with E-state index in [1.807, 2.05) is 0 Å². The lowest BCUT2D eigenvalue weighted by atomic mass is 9.82. The lowest BCUT2D eigenvalue weighted by Crippen LogP contribution is -2.19. The summed E-state index contributed by atoms with van der Waals surface area (Å²) in [7, 11) is 0. The van der Waals surface area contributed by atoms with Crippen LogP contribution in [0.4, 0.5) is 0 Å². The molecular weight excluding hydrogens is 200 g/mol. The average molecular weight is 220 g/mol. The van der Waals surface area contributed by atoms with Crippen LogP contribution in [0.1, 0.15) is 68.3 Å². The van der Waals surface area contributed by atoms with Crippen molar-refractivity contribution in [3.8, 4) is 0 Å². The molecule has 4 nitrogen and oxygen atoms in total. The third-order valence-corrected chi connectivity index (χ3v) is 4.16. The van der Waals surface area contributed by atoms with Gasteiger partial charge in [0.2, 0.25) is 0 Å². The number of hydrogen-bond donors (Lipinski definition) is 1. The highest BCUT2D eigenvalue weighted by molar-refractivity contribution is 5.18. The standard InChI is InChI=1S/C12H20N4/c13-8-11-12(9-4-3-5-9)16(15-14-11)10-6-1-2-7-10/h9-10H,1-8,13H2. The third kappa shape index (κ3) is 1.56. The maximum atomic E-state index is 5.76. The van der Waals surface area contributed by atoms with E-state index in [1.54, 1.807) is 0 Å². The molecule has 2 aliphatic carbocycles. The predicted octanol–water partition coefficient (Wildman–Crippen LogP) is 2.12. The van der Waals surface area contributed by atoms with Crippen LogP contribution in [0.2, 0.25) is 0 Å². The topological polar surface area (TPSA) is 56.7 Å². The van der Waals surface area contributed by atoms with Gasteiger partial charge in [0, 0.05) is 12.5 Å². The molecule has 2 N–H and O–H groups in total. The average Bonchev–Trinajstić information content (AvgIpc) is 2.82. The van der Waals surface area contributed by atoms with Crippen LogP contribution in [0.25, 0.3) is 0 Å². The molecule has 1 aromatic heterocycles. The summed E-state index contributed by atoms with van der Waals surface area (Å²) in [6.45, 7) is 0.540. The van der Waals surface area contributed by atoms with Crippen molar-refractivity contribution in [3.63, 3.8) is 0 Å². The van der Waals surface area contributed by atoms with E-state index in [1.165, 1.54) is 50.6 Å². The minimum atomic E-state index is 0.540. The molecule has 3 rings (SSSR count). The molecule has 0 unspecified atom stereocenters. The highest BCUT2D eigenvalue weighted by Crippen LogP contribution is 2.40. The number of rotatable bonds is 3. The number of nitrogens with zero attached hydrogens (tertiary/aromatic N) is 3. The summed E-state index contributed by atoms with van der Waals surface area (Å²) >= 11 is 0. The Morgan fingerprint density at radius 1 is 1.12 bits per heavy atom. The zero-order valence-electron chi connectivity index (χ0n) is 9.73. The van der Waals surface area contributed by atoms with Gasteiger partial charge in [-0.25, -0.2) is 4.68 Å². The third-order valence-electron chi connectivity index (χ3n) is 4.16. The summed E-state index contributed by atoms with van der Waals surface area (Å²) in [6, 6.07) is 0.600. The van der Waals surface area contributed by atoms with E-state index >= 15 is 0 Å². The van der Waals surface area contributed by atoms with Gasteiger partial charge in [0.15, 0.2) is 0 Å². The van der Waals surface area contributed by atoms with E-state index in [0.29, 0.717) is 18.5 Å². The van der Waals surface area contributed by atoms with Gasteiger partial charge in [-0.2, -0.15) is 0 Å². The molecule has 0 aliphatic heterocycles. The van der Waals surface area contributed by atoms with Gasteiger partial charge in [-0.05, 0) is 25.7 Å². The molecule has 1 heterocycles. The maximum absolute atomic E-state index is 5.76. The van der Waals surface area contributed by atoms with Crippen molar-refractivity contribution in [2.24, 2.45) is 5.73 Å². The van der Waals surface area contributed by atoms with Crippen LogP contribution in [0.15, 0.2) is 0 Å². The maximum Gasteiger partial charge on any atom is 0.0997 e. The van der Waals surface area contributed by atoms with Gasteiger partial charge in [-0.15, -0.1) is 5.10 Å². The molecule has 0 aromatic carbocycles. The first-order chi connectivity index (χ1) is 7.90.